The molecule has 0 aliphatic heterocycles. The second-order valence-electron chi connectivity index (χ2n) is 9.16. The molecule has 0 unspecified atom stereocenters. The third-order valence-electron chi connectivity index (χ3n) is 8.09. The summed E-state index contributed by atoms with van der Waals surface area (Å²) in [6, 6.07) is 2.49. The van der Waals surface area contributed by atoms with Crippen LogP contribution in [0.1, 0.15) is 65.7 Å². The fourth-order valence-corrected chi connectivity index (χ4v) is 6.70. The minimum atomic E-state index is -0.155. The molecule has 25 heavy (non-hydrogen) atoms. The predicted molar refractivity (Wildman–Crippen MR) is 96.3 cm³/mol. The maximum atomic E-state index is 11.3. The Labute approximate surface area is 151 Å². The van der Waals surface area contributed by atoms with Gasteiger partial charge in [-0.15, -0.1) is 0 Å². The van der Waals surface area contributed by atoms with Crippen LogP contribution >= 0.6 is 0 Å². The molecule has 3 nitrogen and oxygen atoms in total. The molecule has 0 heterocycles. The highest BCUT2D eigenvalue weighted by molar-refractivity contribution is 5.66. The van der Waals surface area contributed by atoms with Gasteiger partial charge in [-0.25, -0.2) is 0 Å². The lowest BCUT2D eigenvalue weighted by molar-refractivity contribution is -0.148. The van der Waals surface area contributed by atoms with Gasteiger partial charge in [0.05, 0.1) is 6.07 Å². The molecular formula is C22H29NO2. The Balaban J connectivity index is 1.59. The van der Waals surface area contributed by atoms with Gasteiger partial charge < -0.3 is 4.74 Å². The third kappa shape index (κ3) is 2.40. The van der Waals surface area contributed by atoms with Crippen LogP contribution in [0.4, 0.5) is 0 Å². The zero-order chi connectivity index (χ0) is 17.8. The maximum Gasteiger partial charge on any atom is 0.302 e. The fourth-order valence-electron chi connectivity index (χ4n) is 6.70. The van der Waals surface area contributed by atoms with E-state index in [4.69, 9.17) is 4.74 Å². The number of allylic oxidation sites excluding steroid dienone is 3. The SMILES string of the molecule is CC(=O)O[C@@H]1CC[C@]2(C)C(=CC[C@H]3[C@H]4CC=C(C#N)[C@]4(C)CC[C@H]32)C1. The molecule has 2 saturated carbocycles. The van der Waals surface area contributed by atoms with Crippen molar-refractivity contribution < 1.29 is 9.53 Å². The Morgan fingerprint density at radius 3 is 2.64 bits per heavy atom. The molecule has 134 valence electrons. The smallest absolute Gasteiger partial charge is 0.302 e. The van der Waals surface area contributed by atoms with Crippen molar-refractivity contribution in [1.82, 2.24) is 0 Å². The summed E-state index contributed by atoms with van der Waals surface area (Å²) in [5.74, 6) is 1.88. The van der Waals surface area contributed by atoms with Crippen LogP contribution in [0.5, 0.6) is 0 Å². The predicted octanol–water partition coefficient (Wildman–Crippen LogP) is 4.94. The van der Waals surface area contributed by atoms with Crippen molar-refractivity contribution in [2.75, 3.05) is 0 Å². The van der Waals surface area contributed by atoms with Crippen LogP contribution in [0.15, 0.2) is 23.3 Å². The standard InChI is InChI=1S/C22H29NO2/c1-14(24)25-17-8-10-21(2)15(12-17)4-6-18-19-7-5-16(13-23)22(19,3)11-9-20(18)21/h4-5,17-20H,6-12H2,1-3H3/t17-,18+,19-,20-,21-,22+/m1/s1. The molecule has 4 rings (SSSR count). The van der Waals surface area contributed by atoms with Gasteiger partial charge in [0.15, 0.2) is 0 Å². The Bertz CT molecular complexity index is 699. The highest BCUT2D eigenvalue weighted by Gasteiger charge is 2.56. The second-order valence-corrected chi connectivity index (χ2v) is 9.16. The van der Waals surface area contributed by atoms with E-state index in [9.17, 15) is 10.1 Å². The summed E-state index contributed by atoms with van der Waals surface area (Å²) in [7, 11) is 0. The monoisotopic (exact) mass is 339 g/mol. The van der Waals surface area contributed by atoms with E-state index >= 15 is 0 Å². The van der Waals surface area contributed by atoms with Crippen LogP contribution in [0.25, 0.3) is 0 Å². The van der Waals surface area contributed by atoms with E-state index < -0.39 is 0 Å². The van der Waals surface area contributed by atoms with Gasteiger partial charge in [-0.1, -0.05) is 31.6 Å². The first kappa shape index (κ1) is 16.9. The first-order valence-corrected chi connectivity index (χ1v) is 9.86. The lowest BCUT2D eigenvalue weighted by atomic mass is 9.47. The van der Waals surface area contributed by atoms with Crippen LogP contribution in [-0.2, 0) is 9.53 Å². The molecule has 0 spiro atoms. The van der Waals surface area contributed by atoms with Gasteiger partial charge in [0.1, 0.15) is 6.10 Å². The molecule has 2 fully saturated rings. The molecule has 0 aromatic heterocycles. The van der Waals surface area contributed by atoms with Gasteiger partial charge in [-0.3, -0.25) is 4.79 Å². The van der Waals surface area contributed by atoms with Crippen molar-refractivity contribution in [3.63, 3.8) is 0 Å². The highest BCUT2D eigenvalue weighted by atomic mass is 16.5. The van der Waals surface area contributed by atoms with Gasteiger partial charge >= 0.3 is 5.97 Å². The lowest BCUT2D eigenvalue weighted by Crippen LogP contribution is -2.50. The van der Waals surface area contributed by atoms with E-state index in [0.717, 1.165) is 50.0 Å². The summed E-state index contributed by atoms with van der Waals surface area (Å²) in [4.78, 5) is 11.3. The summed E-state index contributed by atoms with van der Waals surface area (Å²) >= 11 is 0. The van der Waals surface area contributed by atoms with Crippen LogP contribution in [-0.4, -0.2) is 12.1 Å². The van der Waals surface area contributed by atoms with Gasteiger partial charge in [-0.05, 0) is 61.7 Å². The molecule has 3 heteroatoms. The number of ether oxygens (including phenoxy) is 1. The minimum Gasteiger partial charge on any atom is -0.462 e. The lowest BCUT2D eigenvalue weighted by Gasteiger charge is -2.57. The average Bonchev–Trinajstić information content (AvgIpc) is 2.91. The topological polar surface area (TPSA) is 50.1 Å². The number of hydrogen-bond acceptors (Lipinski definition) is 3. The normalized spacial score (nSPS) is 45.2. The molecule has 4 aliphatic rings. The number of carbonyl (C=O) groups excluding carboxylic acids is 1. The van der Waals surface area contributed by atoms with Crippen LogP contribution in [0.3, 0.4) is 0 Å². The van der Waals surface area contributed by atoms with Crippen molar-refractivity contribution in [3.8, 4) is 6.07 Å². The van der Waals surface area contributed by atoms with E-state index in [-0.39, 0.29) is 22.9 Å². The molecule has 6 atom stereocenters. The summed E-state index contributed by atoms with van der Waals surface area (Å²) in [6.07, 6.45) is 12.4. The van der Waals surface area contributed by atoms with Gasteiger partial charge in [0, 0.05) is 24.3 Å². The Kier molecular flexibility index (Phi) is 3.87. The molecule has 0 bridgehead atoms. The van der Waals surface area contributed by atoms with Gasteiger partial charge in [0.2, 0.25) is 0 Å². The fraction of sp³-hybridized carbons (Fsp3) is 0.727. The number of nitrogens with zero attached hydrogens (tertiary/aromatic N) is 1. The molecule has 4 aliphatic carbocycles. The Morgan fingerprint density at radius 1 is 1.16 bits per heavy atom. The highest BCUT2D eigenvalue weighted by Crippen LogP contribution is 2.64. The van der Waals surface area contributed by atoms with Crippen LogP contribution < -0.4 is 0 Å². The maximum absolute atomic E-state index is 11.3. The van der Waals surface area contributed by atoms with E-state index in [2.05, 4.69) is 32.1 Å². The van der Waals surface area contributed by atoms with Gasteiger partial charge in [0.25, 0.3) is 0 Å². The number of fused-ring (bicyclic) bond motifs is 5. The molecule has 0 aromatic carbocycles. The molecule has 0 aromatic rings. The molecule has 0 radical (unpaired) electrons. The quantitative estimate of drug-likeness (QED) is 0.502. The van der Waals surface area contributed by atoms with Crippen molar-refractivity contribution in [3.05, 3.63) is 23.3 Å². The zero-order valence-electron chi connectivity index (χ0n) is 15.7. The number of esters is 1. The second kappa shape index (κ2) is 5.73. The largest absolute Gasteiger partial charge is 0.462 e. The first-order valence-electron chi connectivity index (χ1n) is 9.86. The van der Waals surface area contributed by atoms with Crippen molar-refractivity contribution in [2.45, 2.75) is 71.8 Å². The minimum absolute atomic E-state index is 0.0700. The van der Waals surface area contributed by atoms with Crippen molar-refractivity contribution in [1.29, 1.82) is 5.26 Å². The van der Waals surface area contributed by atoms with Gasteiger partial charge in [-0.2, -0.15) is 5.26 Å². The summed E-state index contributed by atoms with van der Waals surface area (Å²) < 4.78 is 5.51. The Hall–Kier alpha value is -1.56. The summed E-state index contributed by atoms with van der Waals surface area (Å²) in [5, 5.41) is 9.53. The van der Waals surface area contributed by atoms with Crippen molar-refractivity contribution in [2.24, 2.45) is 28.6 Å². The number of nitriles is 1. The average molecular weight is 339 g/mol. The molecule has 0 saturated heterocycles. The van der Waals surface area contributed by atoms with E-state index in [1.54, 1.807) is 0 Å². The van der Waals surface area contributed by atoms with Crippen LogP contribution in [0.2, 0.25) is 0 Å². The number of carbonyl (C=O) groups is 1. The third-order valence-corrected chi connectivity index (χ3v) is 8.09. The molecule has 0 N–H and O–H groups in total. The first-order chi connectivity index (χ1) is 11.9. The van der Waals surface area contributed by atoms with E-state index in [0.29, 0.717) is 11.8 Å². The Morgan fingerprint density at radius 2 is 1.92 bits per heavy atom. The number of rotatable bonds is 1. The number of hydrogen-bond donors (Lipinski definition) is 0. The molecule has 0 amide bonds. The summed E-state index contributed by atoms with van der Waals surface area (Å²) in [6.45, 7) is 6.30. The zero-order valence-corrected chi connectivity index (χ0v) is 15.7. The van der Waals surface area contributed by atoms with Crippen LogP contribution in [0, 0.1) is 39.9 Å². The van der Waals surface area contributed by atoms with Crippen molar-refractivity contribution >= 4 is 5.97 Å². The molecular weight excluding hydrogens is 310 g/mol. The van der Waals surface area contributed by atoms with E-state index in [1.165, 1.54) is 18.9 Å². The van der Waals surface area contributed by atoms with E-state index in [1.807, 2.05) is 0 Å². The summed E-state index contributed by atoms with van der Waals surface area (Å²) in [5.41, 5.74) is 2.93.